The lowest BCUT2D eigenvalue weighted by atomic mass is 10.2. The zero-order valence-corrected chi connectivity index (χ0v) is 15.1. The zero-order chi connectivity index (χ0) is 20.5. The molecule has 1 N–H and O–H groups in total. The standard InChI is InChI=1S/C19H14N6O4/c1-12-6-8-13(9-7-12)24-17-15(10-21-24)19(27)23(11-20-17)22-18(26)14-4-2-3-5-16(14)25(28)29/h2-11H,1H3,(H,22,26). The van der Waals surface area contributed by atoms with Gasteiger partial charge >= 0.3 is 0 Å². The monoisotopic (exact) mass is 390 g/mol. The number of carbonyl (C=O) groups is 1. The fourth-order valence-electron chi connectivity index (χ4n) is 2.86. The van der Waals surface area contributed by atoms with Crippen LogP contribution >= 0.6 is 0 Å². The Hall–Kier alpha value is -4.34. The summed E-state index contributed by atoms with van der Waals surface area (Å²) in [6.45, 7) is 1.96. The summed E-state index contributed by atoms with van der Waals surface area (Å²) in [6.07, 6.45) is 2.50. The Balaban J connectivity index is 1.71. The number of aromatic nitrogens is 4. The molecular weight excluding hydrogens is 376 g/mol. The number of para-hydroxylation sites is 1. The molecule has 144 valence electrons. The number of fused-ring (bicyclic) bond motifs is 1. The molecule has 0 unspecified atom stereocenters. The average molecular weight is 390 g/mol. The van der Waals surface area contributed by atoms with E-state index in [4.69, 9.17) is 0 Å². The Labute approximate surface area is 163 Å². The van der Waals surface area contributed by atoms with Crippen molar-refractivity contribution in [2.24, 2.45) is 0 Å². The van der Waals surface area contributed by atoms with Crippen LogP contribution in [0, 0.1) is 17.0 Å². The number of nitrogens with one attached hydrogen (secondary N) is 1. The third-order valence-electron chi connectivity index (χ3n) is 4.33. The number of nitro benzene ring substituents is 1. The minimum Gasteiger partial charge on any atom is -0.267 e. The molecule has 10 nitrogen and oxygen atoms in total. The number of amides is 1. The second kappa shape index (κ2) is 7.00. The van der Waals surface area contributed by atoms with Crippen molar-refractivity contribution in [1.82, 2.24) is 19.4 Å². The molecule has 1 amide bonds. The molecular formula is C19H14N6O4. The van der Waals surface area contributed by atoms with Crippen LogP contribution in [0.2, 0.25) is 0 Å². The number of hydrogen-bond acceptors (Lipinski definition) is 6. The van der Waals surface area contributed by atoms with E-state index in [1.807, 2.05) is 31.2 Å². The minimum atomic E-state index is -0.800. The third-order valence-corrected chi connectivity index (χ3v) is 4.33. The SMILES string of the molecule is Cc1ccc(-n2ncc3c(=O)n(NC(=O)c4ccccc4[N+](=O)[O-])cnc32)cc1. The van der Waals surface area contributed by atoms with Crippen LogP contribution in [0.4, 0.5) is 5.69 Å². The van der Waals surface area contributed by atoms with Crippen LogP contribution in [0.15, 0.2) is 65.8 Å². The maximum absolute atomic E-state index is 12.7. The Bertz CT molecular complexity index is 1310. The molecule has 2 aromatic heterocycles. The van der Waals surface area contributed by atoms with Gasteiger partial charge in [-0.1, -0.05) is 29.8 Å². The van der Waals surface area contributed by atoms with E-state index < -0.39 is 16.4 Å². The zero-order valence-electron chi connectivity index (χ0n) is 15.1. The molecule has 0 saturated heterocycles. The highest BCUT2D eigenvalue weighted by Gasteiger charge is 2.20. The summed E-state index contributed by atoms with van der Waals surface area (Å²) in [7, 11) is 0. The van der Waals surface area contributed by atoms with E-state index in [0.717, 1.165) is 22.3 Å². The van der Waals surface area contributed by atoms with Gasteiger partial charge in [-0.15, -0.1) is 0 Å². The molecule has 0 fully saturated rings. The van der Waals surface area contributed by atoms with E-state index in [1.165, 1.54) is 35.1 Å². The van der Waals surface area contributed by atoms with E-state index in [9.17, 15) is 19.7 Å². The molecule has 29 heavy (non-hydrogen) atoms. The maximum atomic E-state index is 12.7. The second-order valence-corrected chi connectivity index (χ2v) is 6.26. The van der Waals surface area contributed by atoms with E-state index in [-0.39, 0.29) is 16.6 Å². The first-order valence-corrected chi connectivity index (χ1v) is 8.53. The van der Waals surface area contributed by atoms with Crippen LogP contribution in [0.25, 0.3) is 16.7 Å². The van der Waals surface area contributed by atoms with Crippen molar-refractivity contribution in [1.29, 1.82) is 0 Å². The molecule has 0 atom stereocenters. The highest BCUT2D eigenvalue weighted by molar-refractivity contribution is 6.03. The van der Waals surface area contributed by atoms with Crippen molar-refractivity contribution < 1.29 is 9.72 Å². The predicted molar refractivity (Wildman–Crippen MR) is 105 cm³/mol. The number of nitro groups is 1. The Morgan fingerprint density at radius 1 is 1.14 bits per heavy atom. The van der Waals surface area contributed by atoms with Gasteiger partial charge < -0.3 is 0 Å². The van der Waals surface area contributed by atoms with Gasteiger partial charge in [-0.05, 0) is 25.1 Å². The summed E-state index contributed by atoms with van der Waals surface area (Å²) in [6, 6.07) is 13.0. The molecule has 10 heteroatoms. The molecule has 0 saturated carbocycles. The molecule has 2 aromatic carbocycles. The second-order valence-electron chi connectivity index (χ2n) is 6.26. The van der Waals surface area contributed by atoms with Gasteiger partial charge in [-0.25, -0.2) is 14.3 Å². The molecule has 0 radical (unpaired) electrons. The van der Waals surface area contributed by atoms with Crippen molar-refractivity contribution in [2.75, 3.05) is 5.43 Å². The van der Waals surface area contributed by atoms with Gasteiger partial charge in [0, 0.05) is 6.07 Å². The summed E-state index contributed by atoms with van der Waals surface area (Å²) in [5, 5.41) is 15.5. The van der Waals surface area contributed by atoms with Gasteiger partial charge in [0.25, 0.3) is 17.2 Å². The van der Waals surface area contributed by atoms with Gasteiger partial charge in [-0.2, -0.15) is 5.10 Å². The van der Waals surface area contributed by atoms with Crippen LogP contribution in [-0.2, 0) is 0 Å². The maximum Gasteiger partial charge on any atom is 0.283 e. The van der Waals surface area contributed by atoms with Crippen LogP contribution in [0.3, 0.4) is 0 Å². The molecule has 4 aromatic rings. The largest absolute Gasteiger partial charge is 0.283 e. The first-order chi connectivity index (χ1) is 14.0. The number of nitrogens with zero attached hydrogens (tertiary/aromatic N) is 5. The fraction of sp³-hybridized carbons (Fsp3) is 0.0526. The lowest BCUT2D eigenvalue weighted by Crippen LogP contribution is -2.33. The lowest BCUT2D eigenvalue weighted by molar-refractivity contribution is -0.385. The summed E-state index contributed by atoms with van der Waals surface area (Å²) in [5.74, 6) is -0.800. The van der Waals surface area contributed by atoms with Crippen molar-refractivity contribution in [3.63, 3.8) is 0 Å². The van der Waals surface area contributed by atoms with Crippen LogP contribution in [0.5, 0.6) is 0 Å². The number of benzene rings is 2. The Kier molecular flexibility index (Phi) is 4.36. The normalized spacial score (nSPS) is 10.8. The highest BCUT2D eigenvalue weighted by atomic mass is 16.6. The van der Waals surface area contributed by atoms with Gasteiger partial charge in [-0.3, -0.25) is 25.1 Å². The first-order valence-electron chi connectivity index (χ1n) is 8.53. The molecule has 0 spiro atoms. The lowest BCUT2D eigenvalue weighted by Gasteiger charge is -2.08. The van der Waals surface area contributed by atoms with E-state index >= 15 is 0 Å². The van der Waals surface area contributed by atoms with Crippen molar-refractivity contribution in [3.05, 3.63) is 92.7 Å². The summed E-state index contributed by atoms with van der Waals surface area (Å²) < 4.78 is 2.40. The minimum absolute atomic E-state index is 0.167. The molecule has 0 aliphatic heterocycles. The van der Waals surface area contributed by atoms with Crippen molar-refractivity contribution in [2.45, 2.75) is 6.92 Å². The van der Waals surface area contributed by atoms with E-state index in [0.29, 0.717) is 5.65 Å². The van der Waals surface area contributed by atoms with Crippen LogP contribution < -0.4 is 11.0 Å². The molecule has 2 heterocycles. The molecule has 4 rings (SSSR count). The van der Waals surface area contributed by atoms with Gasteiger partial charge in [0.15, 0.2) is 5.65 Å². The van der Waals surface area contributed by atoms with E-state index in [1.54, 1.807) is 0 Å². The van der Waals surface area contributed by atoms with Crippen molar-refractivity contribution >= 4 is 22.6 Å². The number of rotatable bonds is 4. The summed E-state index contributed by atoms with van der Waals surface area (Å²) >= 11 is 0. The number of hydrogen-bond donors (Lipinski definition) is 1. The van der Waals surface area contributed by atoms with Gasteiger partial charge in [0.2, 0.25) is 0 Å². The van der Waals surface area contributed by atoms with Crippen molar-refractivity contribution in [3.8, 4) is 5.69 Å². The Morgan fingerprint density at radius 2 is 1.86 bits per heavy atom. The molecule has 0 aliphatic carbocycles. The Morgan fingerprint density at radius 3 is 2.59 bits per heavy atom. The smallest absolute Gasteiger partial charge is 0.267 e. The first kappa shape index (κ1) is 18.0. The summed E-state index contributed by atoms with van der Waals surface area (Å²) in [5.41, 5.74) is 3.39. The fourth-order valence-corrected chi connectivity index (χ4v) is 2.86. The van der Waals surface area contributed by atoms with Gasteiger partial charge in [0.1, 0.15) is 17.3 Å². The predicted octanol–water partition coefficient (Wildman–Crippen LogP) is 2.18. The number of aryl methyl sites for hydroxylation is 1. The topological polar surface area (TPSA) is 125 Å². The van der Waals surface area contributed by atoms with Crippen LogP contribution in [-0.4, -0.2) is 30.3 Å². The molecule has 0 bridgehead atoms. The van der Waals surface area contributed by atoms with E-state index in [2.05, 4.69) is 15.5 Å². The quantitative estimate of drug-likeness (QED) is 0.421. The van der Waals surface area contributed by atoms with Crippen LogP contribution in [0.1, 0.15) is 15.9 Å². The van der Waals surface area contributed by atoms with Gasteiger partial charge in [0.05, 0.1) is 16.8 Å². The number of carbonyl (C=O) groups excluding carboxylic acids is 1. The summed E-state index contributed by atoms with van der Waals surface area (Å²) in [4.78, 5) is 39.9. The molecule has 0 aliphatic rings. The average Bonchev–Trinajstić information content (AvgIpc) is 3.15. The highest BCUT2D eigenvalue weighted by Crippen LogP contribution is 2.18. The third kappa shape index (κ3) is 3.23.